The molecule has 0 aromatic rings. The van der Waals surface area contributed by atoms with E-state index in [2.05, 4.69) is 96.4 Å². The summed E-state index contributed by atoms with van der Waals surface area (Å²) in [5.74, 6) is 0. The number of rotatable bonds is 8. The van der Waals surface area contributed by atoms with E-state index in [4.69, 9.17) is 44.2 Å². The number of azide groups is 4. The van der Waals surface area contributed by atoms with Crippen molar-refractivity contribution in [3.05, 3.63) is 83.5 Å². The molecule has 0 amide bonds. The van der Waals surface area contributed by atoms with Crippen LogP contribution in [0.15, 0.2) is 57.1 Å². The maximum absolute atomic E-state index is 8.91. The van der Waals surface area contributed by atoms with Crippen LogP contribution >= 0.6 is 30.0 Å². The first kappa shape index (κ1) is 25.4. The van der Waals surface area contributed by atoms with Crippen LogP contribution in [-0.4, -0.2) is 0 Å². The predicted molar refractivity (Wildman–Crippen MR) is 111 cm³/mol. The summed E-state index contributed by atoms with van der Waals surface area (Å²) in [5, 5.41) is 0. The molecular formula is N28P4. The van der Waals surface area contributed by atoms with Gasteiger partial charge in [-0.05, 0) is 83.3 Å². The molecule has 1 aliphatic heterocycles. The van der Waals surface area contributed by atoms with E-state index in [0.29, 0.717) is 0 Å². The first-order chi connectivity index (χ1) is 15.3. The van der Waals surface area contributed by atoms with Crippen molar-refractivity contribution in [1.82, 2.24) is 0 Å². The molecule has 0 spiro atoms. The molecule has 1 rings (SSSR count). The summed E-state index contributed by atoms with van der Waals surface area (Å²) in [6.45, 7) is 0. The molecule has 0 N–H and O–H groups in total. The van der Waals surface area contributed by atoms with E-state index in [1.807, 2.05) is 0 Å². The molecule has 1 heterocycles. The standard InChI is InChI=1S/N28P4/c1-9-17-29(18-10-2)25-30(19-11-3,20-12-4)27-32(23-15-7,24-16-8)28-31(26-29,21-13-5)22-14-6. The van der Waals surface area contributed by atoms with Gasteiger partial charge in [0.1, 0.15) is 0 Å². The van der Waals surface area contributed by atoms with Crippen molar-refractivity contribution in [2.24, 2.45) is 57.1 Å². The average molecular weight is 516 g/mol. The van der Waals surface area contributed by atoms with Crippen LogP contribution in [0.5, 0.6) is 0 Å². The summed E-state index contributed by atoms with van der Waals surface area (Å²) in [6.07, 6.45) is 0. The van der Waals surface area contributed by atoms with E-state index in [9.17, 15) is 0 Å². The molecule has 0 fully saturated rings. The van der Waals surface area contributed by atoms with E-state index in [0.717, 1.165) is 0 Å². The molecule has 1 aliphatic rings. The normalized spacial score (nSPS) is 29.5. The minimum absolute atomic E-state index is 2.38. The van der Waals surface area contributed by atoms with Gasteiger partial charge in [-0.15, -0.1) is 0 Å². The van der Waals surface area contributed by atoms with Crippen molar-refractivity contribution in [3.8, 4) is 0 Å². The summed E-state index contributed by atoms with van der Waals surface area (Å²) in [4.78, 5) is 44.0. The van der Waals surface area contributed by atoms with Gasteiger partial charge in [0, 0.05) is 39.3 Å². The monoisotopic (exact) mass is 516 g/mol. The van der Waals surface area contributed by atoms with Crippen LogP contribution in [0.2, 0.25) is 0 Å². The zero-order valence-corrected chi connectivity index (χ0v) is 17.9. The van der Waals surface area contributed by atoms with Gasteiger partial charge in [-0.25, -0.2) is 18.1 Å². The van der Waals surface area contributed by atoms with Crippen LogP contribution in [0.25, 0.3) is 83.5 Å². The smallest absolute Gasteiger partial charge is 0.216 e. The van der Waals surface area contributed by atoms with E-state index < -0.39 is 30.0 Å². The molecule has 160 valence electrons. The van der Waals surface area contributed by atoms with Crippen molar-refractivity contribution in [2.45, 2.75) is 0 Å². The predicted octanol–water partition coefficient (Wildman–Crippen LogP) is 10.3. The molecule has 32 heavy (non-hydrogen) atoms. The zero-order valence-electron chi connectivity index (χ0n) is 14.3. The number of hydrogen-bond donors (Lipinski definition) is 0. The fourth-order valence-corrected chi connectivity index (χ4v) is 11.8. The second-order valence-electron chi connectivity index (χ2n) is 3.94. The van der Waals surface area contributed by atoms with Crippen LogP contribution in [0.1, 0.15) is 0 Å². The number of hydrogen-bond acceptors (Lipinski definition) is 12. The minimum Gasteiger partial charge on any atom is -0.216 e. The zero-order chi connectivity index (χ0) is 24.1. The Morgan fingerprint density at radius 3 is 0.531 bits per heavy atom. The molecule has 0 aromatic carbocycles. The maximum atomic E-state index is 8.91. The highest BCUT2D eigenvalue weighted by Gasteiger charge is 2.35. The molecule has 32 heteroatoms. The van der Waals surface area contributed by atoms with Crippen molar-refractivity contribution >= 4 is 30.0 Å². The quantitative estimate of drug-likeness (QED) is 0.126. The van der Waals surface area contributed by atoms with Gasteiger partial charge in [-0.3, -0.25) is 0 Å². The highest BCUT2D eigenvalue weighted by Crippen LogP contribution is 2.82. The lowest BCUT2D eigenvalue weighted by Crippen LogP contribution is -1.79. The molecule has 28 nitrogen and oxygen atoms in total. The summed E-state index contributed by atoms with van der Waals surface area (Å²) >= 11 is 0. The van der Waals surface area contributed by atoms with Gasteiger partial charge >= 0.3 is 0 Å². The molecule has 0 atom stereocenters. The van der Waals surface area contributed by atoms with Crippen molar-refractivity contribution in [1.29, 1.82) is 0 Å². The summed E-state index contributed by atoms with van der Waals surface area (Å²) in [5.41, 5.74) is 71.3. The molecule has 0 aromatic heterocycles. The lowest BCUT2D eigenvalue weighted by Gasteiger charge is -2.22. The van der Waals surface area contributed by atoms with Crippen LogP contribution in [0.3, 0.4) is 0 Å². The largest absolute Gasteiger partial charge is 0.254 e. The molecule has 0 aliphatic carbocycles. The molecular weight excluding hydrogens is 516 g/mol. The molecule has 0 bridgehead atoms. The third-order valence-electron chi connectivity index (χ3n) is 2.24. The molecule has 0 saturated carbocycles. The van der Waals surface area contributed by atoms with Crippen LogP contribution in [0.4, 0.5) is 0 Å². The second-order valence-corrected chi connectivity index (χ2v) is 12.5. The average Bonchev–Trinajstić information content (AvgIpc) is 2.68. The Balaban J connectivity index is 4.93. The van der Waals surface area contributed by atoms with Gasteiger partial charge in [-0.2, -0.15) is 0 Å². The third-order valence-corrected chi connectivity index (χ3v) is 12.5. The minimum atomic E-state index is -4.65. The van der Waals surface area contributed by atoms with E-state index in [1.54, 1.807) is 0 Å². The molecule has 0 saturated heterocycles. The van der Waals surface area contributed by atoms with Crippen LogP contribution < -0.4 is 0 Å². The summed E-state index contributed by atoms with van der Waals surface area (Å²) < 4.78 is 14.6. The highest BCUT2D eigenvalue weighted by molar-refractivity contribution is 7.84. The SMILES string of the molecule is [N-]=[N+]=NP1(N=[N+]=[N-])=NP(N=[N+]=[N-])(N=[N+]=[N-])=NP(N=[N+]=[N-])(N=[N+]=[N-])=NP(N=[N+]=[N-])(N=[N+]=[N-])=N1. The van der Waals surface area contributed by atoms with Crippen molar-refractivity contribution in [2.75, 3.05) is 0 Å². The second kappa shape index (κ2) is 11.0. The number of nitrogens with zero attached hydrogens (tertiary/aromatic N) is 28. The lowest BCUT2D eigenvalue weighted by atomic mass is 13.0. The van der Waals surface area contributed by atoms with Gasteiger partial charge in [0.2, 0.25) is 0 Å². The Morgan fingerprint density at radius 1 is 0.312 bits per heavy atom. The van der Waals surface area contributed by atoms with Gasteiger partial charge in [0.15, 0.2) is 0 Å². The van der Waals surface area contributed by atoms with E-state index in [1.165, 1.54) is 0 Å². The topological polar surface area (TPSA) is 440 Å². The third kappa shape index (κ3) is 5.72. The maximum Gasteiger partial charge on any atom is 0.254 e. The van der Waals surface area contributed by atoms with Gasteiger partial charge in [0.05, 0.1) is 0 Å². The first-order valence-corrected chi connectivity index (χ1v) is 12.8. The van der Waals surface area contributed by atoms with Crippen molar-refractivity contribution in [3.63, 3.8) is 0 Å². The van der Waals surface area contributed by atoms with E-state index >= 15 is 0 Å². The van der Waals surface area contributed by atoms with Gasteiger partial charge in [0.25, 0.3) is 30.0 Å². The van der Waals surface area contributed by atoms with Crippen molar-refractivity contribution < 1.29 is 0 Å². The fraction of sp³-hybridized carbons (Fsp3) is 0. The Morgan fingerprint density at radius 2 is 0.438 bits per heavy atom. The van der Waals surface area contributed by atoms with E-state index in [-0.39, 0.29) is 0 Å². The highest BCUT2D eigenvalue weighted by atomic mass is 31.3. The van der Waals surface area contributed by atoms with Crippen LogP contribution in [0, 0.1) is 0 Å². The Hall–Kier alpha value is -4.60. The Bertz CT molecular complexity index is 1100. The molecule has 0 unspecified atom stereocenters. The van der Waals surface area contributed by atoms with Gasteiger partial charge < -0.3 is 0 Å². The summed E-state index contributed by atoms with van der Waals surface area (Å²) in [7, 11) is -18.6. The lowest BCUT2D eigenvalue weighted by molar-refractivity contribution is 1.40. The Labute approximate surface area is 171 Å². The Kier molecular flexibility index (Phi) is 8.72. The van der Waals surface area contributed by atoms with Gasteiger partial charge in [-0.1, -0.05) is 0 Å². The first-order valence-electron chi connectivity index (χ1n) is 6.40. The fourth-order valence-electron chi connectivity index (χ4n) is 1.50. The molecule has 0 radical (unpaired) electrons. The van der Waals surface area contributed by atoms with Crippen LogP contribution in [-0.2, 0) is 0 Å². The summed E-state index contributed by atoms with van der Waals surface area (Å²) in [6, 6.07) is 0.